The molecule has 0 radical (unpaired) electrons. The van der Waals surface area contributed by atoms with Gasteiger partial charge in [0.1, 0.15) is 0 Å². The van der Waals surface area contributed by atoms with Crippen LogP contribution in [0.15, 0.2) is 46.8 Å². The predicted octanol–water partition coefficient (Wildman–Crippen LogP) is 2.55. The van der Waals surface area contributed by atoms with Gasteiger partial charge in [-0.2, -0.15) is 0 Å². The maximum atomic E-state index is 3.45. The molecule has 11 heavy (non-hydrogen) atoms. The van der Waals surface area contributed by atoms with Crippen LogP contribution in [0.2, 0.25) is 0 Å². The van der Waals surface area contributed by atoms with Crippen LogP contribution in [0.25, 0.3) is 0 Å². The van der Waals surface area contributed by atoms with Gasteiger partial charge in [0.2, 0.25) is 0 Å². The Balaban J connectivity index is 2.33. The van der Waals surface area contributed by atoms with Crippen molar-refractivity contribution in [2.45, 2.75) is 0 Å². The van der Waals surface area contributed by atoms with Gasteiger partial charge in [-0.15, -0.1) is 0 Å². The van der Waals surface area contributed by atoms with E-state index in [1.54, 1.807) is 0 Å². The molecule has 0 aliphatic carbocycles. The molecular weight excluding hydrogens is 202 g/mol. The van der Waals surface area contributed by atoms with E-state index in [1.807, 2.05) is 12.2 Å². The zero-order valence-corrected chi connectivity index (χ0v) is 7.58. The summed E-state index contributed by atoms with van der Waals surface area (Å²) in [5, 5.41) is 0. The summed E-state index contributed by atoms with van der Waals surface area (Å²) in [4.78, 5) is 2.20. The smallest absolute Gasteiger partial charge is 0.0420 e. The van der Waals surface area contributed by atoms with Crippen LogP contribution >= 0.6 is 15.9 Å². The zero-order valence-electron chi connectivity index (χ0n) is 6.00. The molecule has 56 valence electrons. The third-order valence-electron chi connectivity index (χ3n) is 1.74. The van der Waals surface area contributed by atoms with Crippen molar-refractivity contribution in [3.8, 4) is 0 Å². The minimum absolute atomic E-state index is 0.966. The van der Waals surface area contributed by atoms with Crippen LogP contribution in [0.3, 0.4) is 0 Å². The van der Waals surface area contributed by atoms with Gasteiger partial charge in [-0.05, 0) is 18.2 Å². The van der Waals surface area contributed by atoms with Gasteiger partial charge in [-0.3, -0.25) is 0 Å². The Labute approximate surface area is 74.5 Å². The lowest BCUT2D eigenvalue weighted by Gasteiger charge is -2.25. The first-order valence-electron chi connectivity index (χ1n) is 3.55. The molecule has 2 heteroatoms. The van der Waals surface area contributed by atoms with E-state index in [0.29, 0.717) is 0 Å². The molecule has 0 aromatic carbocycles. The van der Waals surface area contributed by atoms with E-state index >= 15 is 0 Å². The van der Waals surface area contributed by atoms with E-state index < -0.39 is 0 Å². The second-order valence-corrected chi connectivity index (χ2v) is 3.43. The molecule has 0 fully saturated rings. The monoisotopic (exact) mass is 209 g/mol. The Hall–Kier alpha value is -0.760. The molecule has 2 aliphatic rings. The number of hydrogen-bond donors (Lipinski definition) is 0. The van der Waals surface area contributed by atoms with E-state index in [1.165, 1.54) is 10.2 Å². The number of halogens is 1. The average Bonchev–Trinajstić information content (AvgIpc) is 2.04. The summed E-state index contributed by atoms with van der Waals surface area (Å²) in [5.74, 6) is 0. The topological polar surface area (TPSA) is 3.24 Å². The molecule has 0 amide bonds. The van der Waals surface area contributed by atoms with Crippen LogP contribution in [0.4, 0.5) is 0 Å². The molecule has 2 rings (SSSR count). The summed E-state index contributed by atoms with van der Waals surface area (Å²) < 4.78 is 1.17. The predicted molar refractivity (Wildman–Crippen MR) is 50.1 cm³/mol. The van der Waals surface area contributed by atoms with Gasteiger partial charge >= 0.3 is 0 Å². The molecule has 2 heterocycles. The fourth-order valence-electron chi connectivity index (χ4n) is 1.17. The Morgan fingerprint density at radius 3 is 3.18 bits per heavy atom. The van der Waals surface area contributed by atoms with Crippen LogP contribution in [0.1, 0.15) is 0 Å². The van der Waals surface area contributed by atoms with Crippen molar-refractivity contribution in [1.82, 2.24) is 4.90 Å². The first kappa shape index (κ1) is 6.92. The highest BCUT2D eigenvalue weighted by Gasteiger charge is 2.08. The summed E-state index contributed by atoms with van der Waals surface area (Å²) in [6.45, 7) is 0.966. The molecule has 0 bridgehead atoms. The van der Waals surface area contributed by atoms with Gasteiger partial charge < -0.3 is 4.90 Å². The van der Waals surface area contributed by atoms with Crippen molar-refractivity contribution in [1.29, 1.82) is 0 Å². The SMILES string of the molecule is BrC1=CCN2C=CC=CC2=C1. The molecule has 0 spiro atoms. The van der Waals surface area contributed by atoms with Gasteiger partial charge in [0.05, 0.1) is 0 Å². The lowest BCUT2D eigenvalue weighted by atomic mass is 10.2. The summed E-state index contributed by atoms with van der Waals surface area (Å²) in [6, 6.07) is 0. The molecule has 0 saturated heterocycles. The molecule has 0 saturated carbocycles. The molecular formula is C9H8BrN. The third-order valence-corrected chi connectivity index (χ3v) is 2.30. The normalized spacial score (nSPS) is 21.0. The Bertz CT molecular complexity index is 284. The number of fused-ring (bicyclic) bond motifs is 1. The maximum absolute atomic E-state index is 3.45. The second kappa shape index (κ2) is 2.70. The van der Waals surface area contributed by atoms with Crippen molar-refractivity contribution in [2.24, 2.45) is 0 Å². The van der Waals surface area contributed by atoms with Gasteiger partial charge in [0, 0.05) is 22.9 Å². The quantitative estimate of drug-likeness (QED) is 0.593. The number of rotatable bonds is 0. The lowest BCUT2D eigenvalue weighted by Crippen LogP contribution is -2.19. The summed E-state index contributed by atoms with van der Waals surface area (Å²) in [7, 11) is 0. The highest BCUT2D eigenvalue weighted by molar-refractivity contribution is 9.11. The summed E-state index contributed by atoms with van der Waals surface area (Å²) in [5.41, 5.74) is 1.25. The lowest BCUT2D eigenvalue weighted by molar-refractivity contribution is 0.523. The number of allylic oxidation sites excluding steroid dienone is 5. The highest BCUT2D eigenvalue weighted by Crippen LogP contribution is 2.21. The first-order valence-corrected chi connectivity index (χ1v) is 4.34. The molecule has 1 nitrogen and oxygen atoms in total. The summed E-state index contributed by atoms with van der Waals surface area (Å²) >= 11 is 3.45. The van der Waals surface area contributed by atoms with Crippen LogP contribution in [-0.2, 0) is 0 Å². The van der Waals surface area contributed by atoms with Crippen molar-refractivity contribution in [2.75, 3.05) is 6.54 Å². The van der Waals surface area contributed by atoms with Crippen molar-refractivity contribution in [3.63, 3.8) is 0 Å². The van der Waals surface area contributed by atoms with Gasteiger partial charge in [0.25, 0.3) is 0 Å². The van der Waals surface area contributed by atoms with Crippen LogP contribution < -0.4 is 0 Å². The van der Waals surface area contributed by atoms with E-state index in [2.05, 4.69) is 45.3 Å². The minimum Gasteiger partial charge on any atom is -0.344 e. The Kier molecular flexibility index (Phi) is 1.70. The van der Waals surface area contributed by atoms with Crippen LogP contribution in [0, 0.1) is 0 Å². The zero-order chi connectivity index (χ0) is 7.68. The summed E-state index contributed by atoms with van der Waals surface area (Å²) in [6.07, 6.45) is 12.5. The molecule has 2 aliphatic heterocycles. The fraction of sp³-hybridized carbons (Fsp3) is 0.111. The second-order valence-electron chi connectivity index (χ2n) is 2.51. The molecule has 0 unspecified atom stereocenters. The van der Waals surface area contributed by atoms with E-state index in [4.69, 9.17) is 0 Å². The fourth-order valence-corrected chi connectivity index (χ4v) is 1.55. The highest BCUT2D eigenvalue weighted by atomic mass is 79.9. The molecule has 0 atom stereocenters. The van der Waals surface area contributed by atoms with E-state index in [0.717, 1.165) is 6.54 Å². The molecule has 0 N–H and O–H groups in total. The van der Waals surface area contributed by atoms with E-state index in [9.17, 15) is 0 Å². The number of nitrogens with zero attached hydrogens (tertiary/aromatic N) is 1. The Morgan fingerprint density at radius 2 is 2.27 bits per heavy atom. The van der Waals surface area contributed by atoms with Crippen LogP contribution in [-0.4, -0.2) is 11.4 Å². The Morgan fingerprint density at radius 1 is 1.36 bits per heavy atom. The van der Waals surface area contributed by atoms with E-state index in [-0.39, 0.29) is 0 Å². The maximum Gasteiger partial charge on any atom is 0.0420 e. The van der Waals surface area contributed by atoms with Gasteiger partial charge in [-0.1, -0.05) is 28.1 Å². The number of hydrogen-bond acceptors (Lipinski definition) is 1. The average molecular weight is 210 g/mol. The standard InChI is InChI=1S/C9H8BrN/c10-8-4-6-11-5-2-1-3-9(11)7-8/h1-5,7H,6H2. The molecule has 0 aromatic heterocycles. The van der Waals surface area contributed by atoms with Crippen molar-refractivity contribution < 1.29 is 0 Å². The largest absolute Gasteiger partial charge is 0.344 e. The van der Waals surface area contributed by atoms with Gasteiger partial charge in [-0.25, -0.2) is 0 Å². The van der Waals surface area contributed by atoms with Crippen molar-refractivity contribution >= 4 is 15.9 Å². The minimum atomic E-state index is 0.966. The van der Waals surface area contributed by atoms with Crippen molar-refractivity contribution in [3.05, 3.63) is 46.8 Å². The van der Waals surface area contributed by atoms with Gasteiger partial charge in [0.15, 0.2) is 0 Å². The third kappa shape index (κ3) is 1.31. The molecule has 0 aromatic rings. The van der Waals surface area contributed by atoms with Crippen LogP contribution in [0.5, 0.6) is 0 Å². The first-order chi connectivity index (χ1) is 5.36.